The highest BCUT2D eigenvalue weighted by atomic mass is 79.9. The molecule has 0 aromatic heterocycles. The van der Waals surface area contributed by atoms with Crippen molar-refractivity contribution in [2.75, 3.05) is 7.11 Å². The highest BCUT2D eigenvalue weighted by molar-refractivity contribution is 9.10. The molecule has 0 aliphatic rings. The lowest BCUT2D eigenvalue weighted by molar-refractivity contribution is 0.413. The SMILES string of the molecule is COc1ccc2cc(CBr)ccc2c1Br. The third kappa shape index (κ3) is 2.04. The van der Waals surface area contributed by atoms with Crippen molar-refractivity contribution < 1.29 is 4.74 Å². The molecule has 0 saturated carbocycles. The molecule has 2 aromatic rings. The van der Waals surface area contributed by atoms with Crippen LogP contribution in [0.15, 0.2) is 34.8 Å². The fourth-order valence-corrected chi connectivity index (χ4v) is 2.57. The lowest BCUT2D eigenvalue weighted by Crippen LogP contribution is -1.86. The lowest BCUT2D eigenvalue weighted by atomic mass is 10.1. The summed E-state index contributed by atoms with van der Waals surface area (Å²) < 4.78 is 6.27. The Kier molecular flexibility index (Phi) is 3.32. The zero-order chi connectivity index (χ0) is 10.8. The van der Waals surface area contributed by atoms with Gasteiger partial charge < -0.3 is 4.74 Å². The van der Waals surface area contributed by atoms with Crippen LogP contribution in [0.2, 0.25) is 0 Å². The minimum Gasteiger partial charge on any atom is -0.496 e. The number of alkyl halides is 1. The Labute approximate surface area is 106 Å². The number of methoxy groups -OCH3 is 1. The van der Waals surface area contributed by atoms with Gasteiger partial charge in [-0.1, -0.05) is 40.2 Å². The third-order valence-corrected chi connectivity index (χ3v) is 3.82. The zero-order valence-electron chi connectivity index (χ0n) is 8.26. The molecule has 0 fully saturated rings. The number of benzene rings is 2. The molecule has 0 amide bonds. The summed E-state index contributed by atoms with van der Waals surface area (Å²) in [4.78, 5) is 0. The summed E-state index contributed by atoms with van der Waals surface area (Å²) >= 11 is 7.01. The molecule has 0 atom stereocenters. The Balaban J connectivity index is 2.68. The van der Waals surface area contributed by atoms with Crippen LogP contribution in [0.3, 0.4) is 0 Å². The van der Waals surface area contributed by atoms with Crippen molar-refractivity contribution in [2.24, 2.45) is 0 Å². The molecule has 78 valence electrons. The maximum atomic E-state index is 5.25. The minimum absolute atomic E-state index is 0.870. The quantitative estimate of drug-likeness (QED) is 0.737. The molecule has 0 bridgehead atoms. The Bertz CT molecular complexity index is 494. The second-order valence-corrected chi connectivity index (χ2v) is 4.62. The van der Waals surface area contributed by atoms with Crippen LogP contribution in [-0.2, 0) is 5.33 Å². The molecule has 3 heteroatoms. The van der Waals surface area contributed by atoms with Crippen LogP contribution in [0.1, 0.15) is 5.56 Å². The second-order valence-electron chi connectivity index (χ2n) is 3.27. The molecule has 0 spiro atoms. The Hall–Kier alpha value is -0.540. The molecule has 0 N–H and O–H groups in total. The number of rotatable bonds is 2. The molecule has 1 nitrogen and oxygen atoms in total. The first-order chi connectivity index (χ1) is 7.26. The van der Waals surface area contributed by atoms with E-state index >= 15 is 0 Å². The molecule has 2 aromatic carbocycles. The average molecular weight is 330 g/mol. The van der Waals surface area contributed by atoms with Crippen LogP contribution in [0.4, 0.5) is 0 Å². The number of fused-ring (bicyclic) bond motifs is 1. The van der Waals surface area contributed by atoms with Gasteiger partial charge in [0, 0.05) is 5.33 Å². The summed E-state index contributed by atoms with van der Waals surface area (Å²) in [5, 5.41) is 3.28. The summed E-state index contributed by atoms with van der Waals surface area (Å²) in [6.45, 7) is 0. The van der Waals surface area contributed by atoms with E-state index in [4.69, 9.17) is 4.74 Å². The Morgan fingerprint density at radius 2 is 2.00 bits per heavy atom. The van der Waals surface area contributed by atoms with Gasteiger partial charge in [-0.15, -0.1) is 0 Å². The molecule has 0 aliphatic carbocycles. The van der Waals surface area contributed by atoms with Crippen LogP contribution in [-0.4, -0.2) is 7.11 Å². The predicted molar refractivity (Wildman–Crippen MR) is 70.8 cm³/mol. The molecule has 0 aliphatic heterocycles. The van der Waals surface area contributed by atoms with E-state index in [1.54, 1.807) is 7.11 Å². The van der Waals surface area contributed by atoms with Crippen molar-refractivity contribution in [3.63, 3.8) is 0 Å². The Morgan fingerprint density at radius 1 is 1.20 bits per heavy atom. The molecule has 2 rings (SSSR count). The molecule has 0 saturated heterocycles. The minimum atomic E-state index is 0.870. The van der Waals surface area contributed by atoms with Crippen LogP contribution in [0.5, 0.6) is 5.75 Å². The van der Waals surface area contributed by atoms with Gasteiger partial charge in [0.15, 0.2) is 0 Å². The Morgan fingerprint density at radius 3 is 2.67 bits per heavy atom. The number of halogens is 2. The lowest BCUT2D eigenvalue weighted by Gasteiger charge is -2.07. The van der Waals surface area contributed by atoms with E-state index in [-0.39, 0.29) is 0 Å². The van der Waals surface area contributed by atoms with Crippen LogP contribution in [0.25, 0.3) is 10.8 Å². The first-order valence-electron chi connectivity index (χ1n) is 4.57. The zero-order valence-corrected chi connectivity index (χ0v) is 11.4. The molecule has 0 heterocycles. The summed E-state index contributed by atoms with van der Waals surface area (Å²) in [6.07, 6.45) is 0. The third-order valence-electron chi connectivity index (χ3n) is 2.36. The van der Waals surface area contributed by atoms with Gasteiger partial charge >= 0.3 is 0 Å². The smallest absolute Gasteiger partial charge is 0.133 e. The van der Waals surface area contributed by atoms with E-state index in [1.165, 1.54) is 16.3 Å². The van der Waals surface area contributed by atoms with Gasteiger partial charge in [-0.05, 0) is 38.3 Å². The monoisotopic (exact) mass is 328 g/mol. The highest BCUT2D eigenvalue weighted by Crippen LogP contribution is 2.33. The summed E-state index contributed by atoms with van der Waals surface area (Å²) in [5.74, 6) is 0.870. The van der Waals surface area contributed by atoms with E-state index in [0.717, 1.165) is 15.6 Å². The molecule has 0 unspecified atom stereocenters. The highest BCUT2D eigenvalue weighted by Gasteiger charge is 2.05. The number of hydrogen-bond acceptors (Lipinski definition) is 1. The van der Waals surface area contributed by atoms with Crippen molar-refractivity contribution in [1.29, 1.82) is 0 Å². The second kappa shape index (κ2) is 4.54. The molecule has 15 heavy (non-hydrogen) atoms. The molecular weight excluding hydrogens is 320 g/mol. The molecule has 0 radical (unpaired) electrons. The molecular formula is C12H10Br2O. The fraction of sp³-hybridized carbons (Fsp3) is 0.167. The van der Waals surface area contributed by atoms with E-state index in [1.807, 2.05) is 6.07 Å². The van der Waals surface area contributed by atoms with Crippen molar-refractivity contribution >= 4 is 42.6 Å². The van der Waals surface area contributed by atoms with Crippen LogP contribution < -0.4 is 4.74 Å². The summed E-state index contributed by atoms with van der Waals surface area (Å²) in [7, 11) is 1.68. The van der Waals surface area contributed by atoms with Gasteiger partial charge in [0.2, 0.25) is 0 Å². The van der Waals surface area contributed by atoms with Crippen molar-refractivity contribution in [3.05, 3.63) is 40.4 Å². The maximum Gasteiger partial charge on any atom is 0.133 e. The standard InChI is InChI=1S/C12H10Br2O/c1-15-11-5-3-9-6-8(7-13)2-4-10(9)12(11)14/h2-6H,7H2,1H3. The van der Waals surface area contributed by atoms with Gasteiger partial charge in [0.05, 0.1) is 11.6 Å². The van der Waals surface area contributed by atoms with E-state index in [0.29, 0.717) is 0 Å². The predicted octanol–water partition coefficient (Wildman–Crippen LogP) is 4.51. The number of ether oxygens (including phenoxy) is 1. The number of hydrogen-bond donors (Lipinski definition) is 0. The fourth-order valence-electron chi connectivity index (χ4n) is 1.56. The van der Waals surface area contributed by atoms with Crippen molar-refractivity contribution in [2.45, 2.75) is 5.33 Å². The normalized spacial score (nSPS) is 10.6. The first kappa shape index (κ1) is 11.0. The average Bonchev–Trinajstić information content (AvgIpc) is 2.29. The van der Waals surface area contributed by atoms with Gasteiger partial charge in [-0.2, -0.15) is 0 Å². The van der Waals surface area contributed by atoms with Gasteiger partial charge in [0.1, 0.15) is 5.75 Å². The van der Waals surface area contributed by atoms with Crippen molar-refractivity contribution in [1.82, 2.24) is 0 Å². The van der Waals surface area contributed by atoms with Gasteiger partial charge in [-0.3, -0.25) is 0 Å². The largest absolute Gasteiger partial charge is 0.496 e. The first-order valence-corrected chi connectivity index (χ1v) is 6.49. The van der Waals surface area contributed by atoms with Crippen LogP contribution >= 0.6 is 31.9 Å². The van der Waals surface area contributed by atoms with E-state index in [2.05, 4.69) is 56.1 Å². The summed E-state index contributed by atoms with van der Waals surface area (Å²) in [5.41, 5.74) is 1.28. The van der Waals surface area contributed by atoms with Gasteiger partial charge in [0.25, 0.3) is 0 Å². The maximum absolute atomic E-state index is 5.25. The topological polar surface area (TPSA) is 9.23 Å². The van der Waals surface area contributed by atoms with E-state index < -0.39 is 0 Å². The summed E-state index contributed by atoms with van der Waals surface area (Å²) in [6, 6.07) is 10.4. The van der Waals surface area contributed by atoms with Crippen LogP contribution in [0, 0.1) is 0 Å². The van der Waals surface area contributed by atoms with Gasteiger partial charge in [-0.25, -0.2) is 0 Å². The van der Waals surface area contributed by atoms with E-state index in [9.17, 15) is 0 Å². The van der Waals surface area contributed by atoms with Crippen molar-refractivity contribution in [3.8, 4) is 5.75 Å².